The van der Waals surface area contributed by atoms with E-state index in [0.29, 0.717) is 6.42 Å². The van der Waals surface area contributed by atoms with Crippen molar-refractivity contribution in [3.63, 3.8) is 0 Å². The number of nitrogens with one attached hydrogen (secondary N) is 1. The van der Waals surface area contributed by atoms with E-state index in [-0.39, 0.29) is 11.8 Å². The molecule has 0 amide bonds. The van der Waals surface area contributed by atoms with Gasteiger partial charge in [0, 0.05) is 6.54 Å². The maximum absolute atomic E-state index is 10.6. The van der Waals surface area contributed by atoms with Gasteiger partial charge < -0.3 is 11.1 Å². The van der Waals surface area contributed by atoms with Gasteiger partial charge >= 0.3 is 0 Å². The molecule has 0 radical (unpaired) electrons. The molecule has 0 aliphatic carbocycles. The zero-order chi connectivity index (χ0) is 8.69. The second-order valence-corrected chi connectivity index (χ2v) is 2.48. The number of rotatable bonds is 5. The Balaban J connectivity index is 3.44. The minimum Gasteiger partial charge on any atom is -0.321 e. The van der Waals surface area contributed by atoms with Crippen LogP contribution in [0.4, 0.5) is 0 Å². The number of hydrogen-bond donors (Lipinski definition) is 2. The van der Waals surface area contributed by atoms with E-state index >= 15 is 0 Å². The van der Waals surface area contributed by atoms with Gasteiger partial charge in [0.1, 0.15) is 5.78 Å². The van der Waals surface area contributed by atoms with E-state index < -0.39 is 0 Å². The van der Waals surface area contributed by atoms with Gasteiger partial charge in [0.05, 0.1) is 6.04 Å². The molecule has 3 N–H and O–H groups in total. The molecule has 0 spiro atoms. The first-order valence-electron chi connectivity index (χ1n) is 3.74. The number of carbonyl (C=O) groups is 1. The van der Waals surface area contributed by atoms with Crippen molar-refractivity contribution in [2.75, 3.05) is 13.6 Å². The molecule has 0 heterocycles. The number of carbonyl (C=O) groups excluding carboxylic acids is 1. The summed E-state index contributed by atoms with van der Waals surface area (Å²) >= 11 is 0. The highest BCUT2D eigenvalue weighted by atomic mass is 16.1. The lowest BCUT2D eigenvalue weighted by atomic mass is 10.1. The van der Waals surface area contributed by atoms with Crippen LogP contribution in [0.5, 0.6) is 0 Å². The summed E-state index contributed by atoms with van der Waals surface area (Å²) in [7, 11) is 1.87. The molecule has 0 aromatic heterocycles. The van der Waals surface area contributed by atoms with Gasteiger partial charge in [0.15, 0.2) is 0 Å². The van der Waals surface area contributed by atoms with Crippen molar-refractivity contribution in [3.05, 3.63) is 12.2 Å². The summed E-state index contributed by atoms with van der Waals surface area (Å²) in [5.41, 5.74) is 5.48. The van der Waals surface area contributed by atoms with Crippen LogP contribution in [0.25, 0.3) is 0 Å². The van der Waals surface area contributed by atoms with Crippen LogP contribution in [-0.2, 0) is 4.79 Å². The average molecular weight is 156 g/mol. The van der Waals surface area contributed by atoms with E-state index in [4.69, 9.17) is 5.73 Å². The zero-order valence-electron chi connectivity index (χ0n) is 7.13. The SMILES string of the molecule is CNC/C=C/C[C@H](N)C(C)=O. The minimum absolute atomic E-state index is 0.0408. The molecule has 1 atom stereocenters. The fraction of sp³-hybridized carbons (Fsp3) is 0.625. The first kappa shape index (κ1) is 10.3. The third-order valence-electron chi connectivity index (χ3n) is 1.40. The van der Waals surface area contributed by atoms with Crippen molar-refractivity contribution >= 4 is 5.78 Å². The van der Waals surface area contributed by atoms with Crippen molar-refractivity contribution in [2.45, 2.75) is 19.4 Å². The lowest BCUT2D eigenvalue weighted by molar-refractivity contribution is -0.118. The summed E-state index contributed by atoms with van der Waals surface area (Å²) in [4.78, 5) is 10.6. The Bertz CT molecular complexity index is 143. The summed E-state index contributed by atoms with van der Waals surface area (Å²) in [6.45, 7) is 2.33. The summed E-state index contributed by atoms with van der Waals surface area (Å²) in [6, 6.07) is -0.330. The molecule has 0 saturated carbocycles. The number of hydrogen-bond acceptors (Lipinski definition) is 3. The largest absolute Gasteiger partial charge is 0.321 e. The zero-order valence-corrected chi connectivity index (χ0v) is 7.13. The molecule has 3 nitrogen and oxygen atoms in total. The van der Waals surface area contributed by atoms with E-state index in [1.165, 1.54) is 6.92 Å². The van der Waals surface area contributed by atoms with Gasteiger partial charge in [-0.15, -0.1) is 0 Å². The smallest absolute Gasteiger partial charge is 0.146 e. The number of Topliss-reactive ketones (excluding diaryl/α,β-unsaturated/α-hetero) is 1. The van der Waals surface area contributed by atoms with Gasteiger partial charge in [-0.05, 0) is 20.4 Å². The maximum Gasteiger partial charge on any atom is 0.146 e. The lowest BCUT2D eigenvalue weighted by Crippen LogP contribution is -2.27. The molecule has 0 fully saturated rings. The molecular formula is C8H16N2O. The molecule has 0 aliphatic heterocycles. The molecule has 0 bridgehead atoms. The number of nitrogens with two attached hydrogens (primary N) is 1. The van der Waals surface area contributed by atoms with Gasteiger partial charge in [-0.2, -0.15) is 0 Å². The molecule has 64 valence electrons. The fourth-order valence-corrected chi connectivity index (χ4v) is 0.610. The molecule has 0 saturated heterocycles. The molecule has 0 rings (SSSR count). The third kappa shape index (κ3) is 5.76. The standard InChI is InChI=1S/C8H16N2O/c1-7(11)8(9)5-3-4-6-10-2/h3-4,8,10H,5-6,9H2,1-2H3/b4-3+/t8-/m0/s1. The highest BCUT2D eigenvalue weighted by molar-refractivity contribution is 5.81. The van der Waals surface area contributed by atoms with Crippen LogP contribution in [0.1, 0.15) is 13.3 Å². The Labute approximate surface area is 67.7 Å². The first-order chi connectivity index (χ1) is 5.18. The van der Waals surface area contributed by atoms with Gasteiger partial charge in [0.25, 0.3) is 0 Å². The number of likely N-dealkylation sites (N-methyl/N-ethyl adjacent to an activating group) is 1. The highest BCUT2D eigenvalue weighted by Crippen LogP contribution is 1.90. The molecule has 11 heavy (non-hydrogen) atoms. The Morgan fingerprint density at radius 2 is 2.27 bits per heavy atom. The fourth-order valence-electron chi connectivity index (χ4n) is 0.610. The summed E-state index contributed by atoms with van der Waals surface area (Å²) < 4.78 is 0. The van der Waals surface area contributed by atoms with Crippen LogP contribution in [0.3, 0.4) is 0 Å². The van der Waals surface area contributed by atoms with Gasteiger partial charge in [0.2, 0.25) is 0 Å². The Morgan fingerprint density at radius 3 is 2.73 bits per heavy atom. The predicted octanol–water partition coefficient (Wildman–Crippen LogP) is 0.0684. The van der Waals surface area contributed by atoms with Crippen LogP contribution >= 0.6 is 0 Å². The lowest BCUT2D eigenvalue weighted by Gasteiger charge is -2.01. The van der Waals surface area contributed by atoms with Crippen molar-refractivity contribution in [1.29, 1.82) is 0 Å². The van der Waals surface area contributed by atoms with Crippen molar-refractivity contribution < 1.29 is 4.79 Å². The van der Waals surface area contributed by atoms with Crippen LogP contribution in [0.15, 0.2) is 12.2 Å². The Kier molecular flexibility index (Phi) is 5.70. The molecule has 0 unspecified atom stereocenters. The van der Waals surface area contributed by atoms with Crippen molar-refractivity contribution in [1.82, 2.24) is 5.32 Å². The van der Waals surface area contributed by atoms with Gasteiger partial charge in [-0.1, -0.05) is 12.2 Å². The van der Waals surface area contributed by atoms with Crippen LogP contribution in [0, 0.1) is 0 Å². The first-order valence-corrected chi connectivity index (χ1v) is 3.74. The maximum atomic E-state index is 10.6. The normalized spacial score (nSPS) is 13.7. The van der Waals surface area contributed by atoms with Crippen molar-refractivity contribution in [3.8, 4) is 0 Å². The van der Waals surface area contributed by atoms with Crippen LogP contribution in [-0.4, -0.2) is 25.4 Å². The summed E-state index contributed by atoms with van der Waals surface area (Å²) in [5.74, 6) is 0.0408. The van der Waals surface area contributed by atoms with Crippen LogP contribution < -0.4 is 11.1 Å². The second kappa shape index (κ2) is 6.07. The summed E-state index contributed by atoms with van der Waals surface area (Å²) in [5, 5.41) is 2.96. The van der Waals surface area contributed by atoms with Gasteiger partial charge in [-0.25, -0.2) is 0 Å². The van der Waals surface area contributed by atoms with Crippen LogP contribution in [0.2, 0.25) is 0 Å². The molecule has 3 heteroatoms. The summed E-state index contributed by atoms with van der Waals surface area (Å²) in [6.07, 6.45) is 4.52. The van der Waals surface area contributed by atoms with E-state index in [9.17, 15) is 4.79 Å². The molecule has 0 aromatic rings. The second-order valence-electron chi connectivity index (χ2n) is 2.48. The average Bonchev–Trinajstić information content (AvgIpc) is 1.97. The predicted molar refractivity (Wildman–Crippen MR) is 46.3 cm³/mol. The van der Waals surface area contributed by atoms with Gasteiger partial charge in [-0.3, -0.25) is 4.79 Å². The Morgan fingerprint density at radius 1 is 1.64 bits per heavy atom. The van der Waals surface area contributed by atoms with E-state index in [2.05, 4.69) is 5.32 Å². The number of ketones is 1. The van der Waals surface area contributed by atoms with E-state index in [1.807, 2.05) is 19.2 Å². The van der Waals surface area contributed by atoms with Crippen molar-refractivity contribution in [2.24, 2.45) is 5.73 Å². The van der Waals surface area contributed by atoms with E-state index in [0.717, 1.165) is 6.54 Å². The molecule has 0 aromatic carbocycles. The minimum atomic E-state index is -0.330. The quantitative estimate of drug-likeness (QED) is 0.554. The highest BCUT2D eigenvalue weighted by Gasteiger charge is 2.03. The molecule has 0 aliphatic rings. The monoisotopic (exact) mass is 156 g/mol. The molecular weight excluding hydrogens is 140 g/mol. The Hall–Kier alpha value is -0.670. The topological polar surface area (TPSA) is 55.1 Å². The van der Waals surface area contributed by atoms with E-state index in [1.54, 1.807) is 0 Å². The third-order valence-corrected chi connectivity index (χ3v) is 1.40.